The summed E-state index contributed by atoms with van der Waals surface area (Å²) in [4.78, 5) is 12.5. The maximum absolute atomic E-state index is 12.5. The Hall–Kier alpha value is -1.21. The van der Waals surface area contributed by atoms with Gasteiger partial charge >= 0.3 is 0 Å². The molecule has 0 fully saturated rings. The van der Waals surface area contributed by atoms with Gasteiger partial charge in [-0.1, -0.05) is 212 Å². The number of hydrogen-bond donors (Lipinski definition) is 5. The van der Waals surface area contributed by atoms with E-state index in [1.807, 2.05) is 0 Å². The highest BCUT2D eigenvalue weighted by Gasteiger charge is 2.28. The number of nitrogens with one attached hydrogen (secondary N) is 1. The summed E-state index contributed by atoms with van der Waals surface area (Å²) in [6.45, 7) is 4.04. The first kappa shape index (κ1) is 53.8. The van der Waals surface area contributed by atoms with Crippen LogP contribution < -0.4 is 5.32 Å². The molecule has 0 aliphatic heterocycles. The summed E-state index contributed by atoms with van der Waals surface area (Å²) in [6, 6.07) is -1.000. The number of hydrogen-bond acceptors (Lipinski definition) is 5. The lowest BCUT2D eigenvalue weighted by Crippen LogP contribution is -2.53. The van der Waals surface area contributed by atoms with Crippen LogP contribution >= 0.6 is 0 Å². The zero-order valence-corrected chi connectivity index (χ0v) is 36.7. The van der Waals surface area contributed by atoms with E-state index < -0.39 is 36.9 Å². The molecule has 6 heteroatoms. The first-order chi connectivity index (χ1) is 27.0. The molecule has 4 atom stereocenters. The molecule has 0 radical (unpaired) electrons. The first-order valence-electron chi connectivity index (χ1n) is 24.2. The molecule has 0 rings (SSSR count). The van der Waals surface area contributed by atoms with E-state index in [4.69, 9.17) is 0 Å². The van der Waals surface area contributed by atoms with Crippen LogP contribution in [0.4, 0.5) is 0 Å². The second-order valence-electron chi connectivity index (χ2n) is 16.8. The van der Waals surface area contributed by atoms with E-state index in [0.29, 0.717) is 12.8 Å². The van der Waals surface area contributed by atoms with Gasteiger partial charge in [-0.2, -0.15) is 0 Å². The minimum atomic E-state index is -1.28. The van der Waals surface area contributed by atoms with Crippen molar-refractivity contribution >= 4 is 5.91 Å². The lowest BCUT2D eigenvalue weighted by atomic mass is 10.00. The molecular formula is C49H95NO5. The molecule has 0 heterocycles. The standard InChI is InChI=1S/C49H95NO5/c1-3-5-7-9-11-13-15-17-18-19-20-21-22-23-24-25-26-27-28-29-31-33-35-37-39-41-43-47(53)49(55)50-45(44-51)48(54)46(52)42-40-38-36-34-32-30-16-14-12-10-8-6-4-2/h23-24,34,36,45-48,51-54H,3-22,25-33,35,37-44H2,1-2H3,(H,50,55)/b24-23-,36-34+. The Balaban J connectivity index is 3.66. The van der Waals surface area contributed by atoms with Crippen LogP contribution in [0, 0.1) is 0 Å². The normalized spacial score (nSPS) is 14.2. The number of aliphatic hydroxyl groups excluding tert-OH is 4. The van der Waals surface area contributed by atoms with Gasteiger partial charge in [0.15, 0.2) is 0 Å². The zero-order chi connectivity index (χ0) is 40.3. The number of allylic oxidation sites excluding steroid dienone is 4. The Labute approximate surface area is 342 Å². The van der Waals surface area contributed by atoms with Gasteiger partial charge in [-0.05, 0) is 64.2 Å². The van der Waals surface area contributed by atoms with Gasteiger partial charge in [0.2, 0.25) is 5.91 Å². The number of unbranched alkanes of at least 4 members (excludes halogenated alkanes) is 31. The van der Waals surface area contributed by atoms with Crippen molar-refractivity contribution in [3.63, 3.8) is 0 Å². The molecule has 6 nitrogen and oxygen atoms in total. The van der Waals surface area contributed by atoms with Crippen LogP contribution in [0.25, 0.3) is 0 Å². The van der Waals surface area contributed by atoms with E-state index in [1.165, 1.54) is 186 Å². The Morgan fingerprint density at radius 3 is 1.09 bits per heavy atom. The predicted molar refractivity (Wildman–Crippen MR) is 237 cm³/mol. The number of carbonyl (C=O) groups is 1. The van der Waals surface area contributed by atoms with Crippen LogP contribution in [-0.4, -0.2) is 57.3 Å². The Bertz CT molecular complexity index is 832. The number of amides is 1. The first-order valence-corrected chi connectivity index (χ1v) is 24.2. The van der Waals surface area contributed by atoms with Gasteiger partial charge in [0.25, 0.3) is 0 Å². The van der Waals surface area contributed by atoms with Crippen molar-refractivity contribution in [3.8, 4) is 0 Å². The molecule has 0 aromatic rings. The number of carbonyl (C=O) groups excluding carboxylic acids is 1. The minimum absolute atomic E-state index is 0.363. The average molecular weight is 778 g/mol. The minimum Gasteiger partial charge on any atom is -0.394 e. The van der Waals surface area contributed by atoms with Crippen LogP contribution in [-0.2, 0) is 4.79 Å². The van der Waals surface area contributed by atoms with Crippen LogP contribution in [0.1, 0.15) is 251 Å². The highest BCUT2D eigenvalue weighted by atomic mass is 16.3. The van der Waals surface area contributed by atoms with E-state index in [2.05, 4.69) is 43.5 Å². The molecule has 55 heavy (non-hydrogen) atoms. The molecule has 0 spiro atoms. The molecule has 326 valence electrons. The van der Waals surface area contributed by atoms with Gasteiger partial charge < -0.3 is 25.7 Å². The molecule has 4 unspecified atom stereocenters. The number of rotatable bonds is 44. The van der Waals surface area contributed by atoms with Gasteiger partial charge in [0, 0.05) is 0 Å². The van der Waals surface area contributed by atoms with Crippen molar-refractivity contribution in [3.05, 3.63) is 24.3 Å². The lowest BCUT2D eigenvalue weighted by Gasteiger charge is -2.27. The lowest BCUT2D eigenvalue weighted by molar-refractivity contribution is -0.132. The predicted octanol–water partition coefficient (Wildman–Crippen LogP) is 13.1. The van der Waals surface area contributed by atoms with Gasteiger partial charge in [0.1, 0.15) is 12.2 Å². The van der Waals surface area contributed by atoms with Crippen LogP contribution in [0.15, 0.2) is 24.3 Å². The van der Waals surface area contributed by atoms with E-state index in [1.54, 1.807) is 0 Å². The average Bonchev–Trinajstić information content (AvgIpc) is 3.19. The van der Waals surface area contributed by atoms with Gasteiger partial charge in [-0.15, -0.1) is 0 Å². The van der Waals surface area contributed by atoms with E-state index in [9.17, 15) is 25.2 Å². The highest BCUT2D eigenvalue weighted by molar-refractivity contribution is 5.80. The summed E-state index contributed by atoms with van der Waals surface area (Å²) in [5.74, 6) is -0.593. The van der Waals surface area contributed by atoms with Crippen molar-refractivity contribution in [2.24, 2.45) is 0 Å². The van der Waals surface area contributed by atoms with Crippen molar-refractivity contribution in [2.75, 3.05) is 6.61 Å². The molecule has 1 amide bonds. The van der Waals surface area contributed by atoms with Crippen molar-refractivity contribution < 1.29 is 25.2 Å². The van der Waals surface area contributed by atoms with E-state index in [0.717, 1.165) is 38.5 Å². The SMILES string of the molecule is CCCCCCCCCC/C=C/CCCC(O)C(O)C(CO)NC(=O)C(O)CCCCCCCCCCCC/C=C\CCCCCCCCCCCCCC. The smallest absolute Gasteiger partial charge is 0.249 e. The summed E-state index contributed by atoms with van der Waals surface area (Å²) in [5.41, 5.74) is 0. The summed E-state index contributed by atoms with van der Waals surface area (Å²) < 4.78 is 0. The summed E-state index contributed by atoms with van der Waals surface area (Å²) in [7, 11) is 0. The summed E-state index contributed by atoms with van der Waals surface area (Å²) in [5, 5.41) is 43.7. The van der Waals surface area contributed by atoms with E-state index in [-0.39, 0.29) is 0 Å². The van der Waals surface area contributed by atoms with Gasteiger partial charge in [0.05, 0.1) is 18.8 Å². The second kappa shape index (κ2) is 43.9. The molecule has 0 saturated heterocycles. The van der Waals surface area contributed by atoms with Crippen LogP contribution in [0.2, 0.25) is 0 Å². The van der Waals surface area contributed by atoms with Gasteiger partial charge in [-0.3, -0.25) is 4.79 Å². The fourth-order valence-corrected chi connectivity index (χ4v) is 7.52. The van der Waals surface area contributed by atoms with Crippen LogP contribution in [0.5, 0.6) is 0 Å². The largest absolute Gasteiger partial charge is 0.394 e. The van der Waals surface area contributed by atoms with Gasteiger partial charge in [-0.25, -0.2) is 0 Å². The van der Waals surface area contributed by atoms with E-state index >= 15 is 0 Å². The second-order valence-corrected chi connectivity index (χ2v) is 16.8. The van der Waals surface area contributed by atoms with Crippen LogP contribution in [0.3, 0.4) is 0 Å². The monoisotopic (exact) mass is 778 g/mol. The fourth-order valence-electron chi connectivity index (χ4n) is 7.52. The third kappa shape index (κ3) is 38.1. The molecule has 0 aliphatic rings. The molecule has 5 N–H and O–H groups in total. The third-order valence-corrected chi connectivity index (χ3v) is 11.4. The summed E-state index contributed by atoms with van der Waals surface area (Å²) in [6.07, 6.45) is 50.9. The Morgan fingerprint density at radius 2 is 0.745 bits per heavy atom. The topological polar surface area (TPSA) is 110 Å². The Kier molecular flexibility index (Phi) is 42.9. The molecular weight excluding hydrogens is 683 g/mol. The highest BCUT2D eigenvalue weighted by Crippen LogP contribution is 2.16. The Morgan fingerprint density at radius 1 is 0.436 bits per heavy atom. The quantitative estimate of drug-likeness (QED) is 0.0313. The molecule has 0 aromatic heterocycles. The molecule has 0 saturated carbocycles. The molecule has 0 bridgehead atoms. The maximum atomic E-state index is 12.5. The number of aliphatic hydroxyl groups is 4. The third-order valence-electron chi connectivity index (χ3n) is 11.4. The molecule has 0 aliphatic carbocycles. The fraction of sp³-hybridized carbons (Fsp3) is 0.898. The van der Waals surface area contributed by atoms with Crippen molar-refractivity contribution in [1.82, 2.24) is 5.32 Å². The summed E-state index contributed by atoms with van der Waals surface area (Å²) >= 11 is 0. The molecule has 0 aromatic carbocycles. The van der Waals surface area contributed by atoms with Crippen molar-refractivity contribution in [2.45, 2.75) is 276 Å². The zero-order valence-electron chi connectivity index (χ0n) is 36.7. The van der Waals surface area contributed by atoms with Crippen molar-refractivity contribution in [1.29, 1.82) is 0 Å². The maximum Gasteiger partial charge on any atom is 0.249 e.